The number of hydrogen-bond donors (Lipinski definition) is 0. The van der Waals surface area contributed by atoms with Crippen molar-refractivity contribution < 1.29 is 0 Å². The largest absolute Gasteiger partial charge is 0.344 e. The van der Waals surface area contributed by atoms with E-state index in [4.69, 9.17) is 4.98 Å². The molecular weight excluding hydrogens is 685 g/mol. The third kappa shape index (κ3) is 3.96. The van der Waals surface area contributed by atoms with Crippen molar-refractivity contribution in [3.63, 3.8) is 0 Å². The summed E-state index contributed by atoms with van der Waals surface area (Å²) in [6.45, 7) is 0. The number of nitrogens with zero attached hydrogens (tertiary/aromatic N) is 6. The van der Waals surface area contributed by atoms with Crippen molar-refractivity contribution in [2.24, 2.45) is 14.1 Å². The van der Waals surface area contributed by atoms with E-state index in [0.29, 0.717) is 5.56 Å². The minimum absolute atomic E-state index is 0.611. The third-order valence-electron chi connectivity index (χ3n) is 12.1. The lowest BCUT2D eigenvalue weighted by Crippen LogP contribution is -2.04. The van der Waals surface area contributed by atoms with Crippen molar-refractivity contribution in [3.05, 3.63) is 163 Å². The van der Waals surface area contributed by atoms with Gasteiger partial charge in [0, 0.05) is 73.8 Å². The first-order chi connectivity index (χ1) is 27.6. The maximum absolute atomic E-state index is 10.1. The van der Waals surface area contributed by atoms with Crippen molar-refractivity contribution in [2.45, 2.75) is 0 Å². The van der Waals surface area contributed by atoms with Gasteiger partial charge in [-0.1, -0.05) is 97.1 Å². The summed E-state index contributed by atoms with van der Waals surface area (Å²) in [7, 11) is 4.30. The Morgan fingerprint density at radius 1 is 0.464 bits per heavy atom. The van der Waals surface area contributed by atoms with Gasteiger partial charge in [-0.15, -0.1) is 0 Å². The van der Waals surface area contributed by atoms with E-state index >= 15 is 0 Å². The average molecular weight is 717 g/mol. The van der Waals surface area contributed by atoms with E-state index in [1.807, 2.05) is 24.4 Å². The number of benzene rings is 7. The summed E-state index contributed by atoms with van der Waals surface area (Å²) in [6, 6.07) is 56.2. The average Bonchev–Trinajstić information content (AvgIpc) is 3.96. The highest BCUT2D eigenvalue weighted by Gasteiger charge is 2.24. The molecule has 5 aromatic heterocycles. The highest BCUT2D eigenvalue weighted by atomic mass is 15.1. The fourth-order valence-electron chi connectivity index (χ4n) is 9.61. The Morgan fingerprint density at radius 2 is 0.982 bits per heavy atom. The Morgan fingerprint density at radius 3 is 1.57 bits per heavy atom. The van der Waals surface area contributed by atoms with Gasteiger partial charge in [0.2, 0.25) is 0 Å². The van der Waals surface area contributed by atoms with Crippen molar-refractivity contribution in [2.75, 3.05) is 0 Å². The molecule has 0 radical (unpaired) electrons. The normalized spacial score (nSPS) is 12.1. The number of hydrogen-bond acceptors (Lipinski definition) is 2. The first-order valence-electron chi connectivity index (χ1n) is 18.9. The molecule has 0 fully saturated rings. The van der Waals surface area contributed by atoms with Crippen LogP contribution in [0.3, 0.4) is 0 Å². The number of fused-ring (bicyclic) bond motifs is 14. The van der Waals surface area contributed by atoms with Crippen LogP contribution in [0.1, 0.15) is 5.56 Å². The summed E-state index contributed by atoms with van der Waals surface area (Å²) in [5, 5.41) is 19.7. The van der Waals surface area contributed by atoms with Gasteiger partial charge in [0.1, 0.15) is 5.82 Å². The molecule has 5 heterocycles. The van der Waals surface area contributed by atoms with E-state index in [9.17, 15) is 5.26 Å². The minimum Gasteiger partial charge on any atom is -0.344 e. The van der Waals surface area contributed by atoms with E-state index in [1.165, 1.54) is 65.2 Å². The van der Waals surface area contributed by atoms with Gasteiger partial charge in [-0.2, -0.15) is 5.26 Å². The minimum atomic E-state index is 0.611. The van der Waals surface area contributed by atoms with Crippen molar-refractivity contribution >= 4 is 87.2 Å². The fraction of sp³-hybridized carbons (Fsp3) is 0.0400. The molecule has 0 amide bonds. The van der Waals surface area contributed by atoms with Crippen LogP contribution in [0, 0.1) is 11.3 Å². The Balaban J connectivity index is 1.25. The van der Waals surface area contributed by atoms with Crippen molar-refractivity contribution in [1.82, 2.24) is 23.3 Å². The quantitative estimate of drug-likeness (QED) is 0.183. The number of aryl methyl sites for hydroxylation is 2. The van der Waals surface area contributed by atoms with Crippen molar-refractivity contribution in [3.8, 4) is 28.7 Å². The molecule has 262 valence electrons. The molecule has 0 aliphatic carbocycles. The SMILES string of the molecule is Cn1c2ccccc2c2c1ccc1c3ccccc3n(-c3cc(-c4cccc(C#N)c4)c(-n4c5ccccc5c5ccc6c(c7ccccc7n6C)c54)cn3)c12. The van der Waals surface area contributed by atoms with Gasteiger partial charge in [0.25, 0.3) is 0 Å². The molecule has 0 unspecified atom stereocenters. The zero-order chi connectivity index (χ0) is 37.2. The number of rotatable bonds is 3. The first-order valence-corrected chi connectivity index (χ1v) is 18.9. The summed E-state index contributed by atoms with van der Waals surface area (Å²) in [5.41, 5.74) is 12.7. The van der Waals surface area contributed by atoms with Crippen LogP contribution in [-0.4, -0.2) is 23.3 Å². The highest BCUT2D eigenvalue weighted by molar-refractivity contribution is 6.27. The number of para-hydroxylation sites is 4. The van der Waals surface area contributed by atoms with E-state index in [1.54, 1.807) is 0 Å². The Labute approximate surface area is 320 Å². The zero-order valence-electron chi connectivity index (χ0n) is 30.7. The zero-order valence-corrected chi connectivity index (χ0v) is 30.7. The molecule has 56 heavy (non-hydrogen) atoms. The van der Waals surface area contributed by atoms with E-state index in [-0.39, 0.29) is 0 Å². The monoisotopic (exact) mass is 716 g/mol. The van der Waals surface area contributed by atoms with Crippen molar-refractivity contribution in [1.29, 1.82) is 5.26 Å². The molecule has 0 aliphatic heterocycles. The highest BCUT2D eigenvalue weighted by Crippen LogP contribution is 2.44. The molecule has 12 rings (SSSR count). The molecule has 6 heteroatoms. The second kappa shape index (κ2) is 11.2. The van der Waals surface area contributed by atoms with Gasteiger partial charge in [-0.3, -0.25) is 4.57 Å². The molecule has 0 aliphatic rings. The predicted molar refractivity (Wildman–Crippen MR) is 231 cm³/mol. The second-order valence-corrected chi connectivity index (χ2v) is 14.8. The number of pyridine rings is 1. The summed E-state index contributed by atoms with van der Waals surface area (Å²) >= 11 is 0. The summed E-state index contributed by atoms with van der Waals surface area (Å²) in [5.74, 6) is 0.814. The summed E-state index contributed by atoms with van der Waals surface area (Å²) in [6.07, 6.45) is 2.05. The van der Waals surface area contributed by atoms with E-state index in [2.05, 4.69) is 172 Å². The predicted octanol–water partition coefficient (Wildman–Crippen LogP) is 12.1. The van der Waals surface area contributed by atoms with E-state index < -0.39 is 0 Å². The van der Waals surface area contributed by atoms with Crippen LogP contribution in [0.5, 0.6) is 0 Å². The first kappa shape index (κ1) is 30.8. The maximum atomic E-state index is 10.1. The standard InChI is InChI=1S/C50H32N6/c1-53-39-18-7-5-16-36(39)47-43(53)24-22-34-32-14-3-9-20-41(32)55(49(34)47)45-29-52-46(27-38(45)31-13-11-12-30(26-31)28-51)56-42-21-10-4-15-33(42)35-23-25-44-48(50(35)56)37-17-6-8-19-40(37)54(44)2/h3-27,29H,1-2H3. The van der Waals surface area contributed by atoms with Gasteiger partial charge >= 0.3 is 0 Å². The fourth-order valence-corrected chi connectivity index (χ4v) is 9.61. The van der Waals surface area contributed by atoms with Crippen LogP contribution < -0.4 is 0 Å². The van der Waals surface area contributed by atoms with Crippen LogP contribution in [-0.2, 0) is 14.1 Å². The smallest absolute Gasteiger partial charge is 0.138 e. The molecule has 0 atom stereocenters. The molecule has 6 nitrogen and oxygen atoms in total. The van der Waals surface area contributed by atoms with Gasteiger partial charge in [-0.25, -0.2) is 4.98 Å². The van der Waals surface area contributed by atoms with Gasteiger partial charge < -0.3 is 13.7 Å². The Hall–Kier alpha value is -7.62. The summed E-state index contributed by atoms with van der Waals surface area (Å²) in [4.78, 5) is 5.43. The lowest BCUT2D eigenvalue weighted by atomic mass is 10.0. The molecule has 0 saturated carbocycles. The molecule has 0 bridgehead atoms. The van der Waals surface area contributed by atoms with Crippen LogP contribution in [0.2, 0.25) is 0 Å². The van der Waals surface area contributed by atoms with Gasteiger partial charge in [0.15, 0.2) is 0 Å². The molecule has 0 N–H and O–H groups in total. The Bertz CT molecular complexity index is 3690. The van der Waals surface area contributed by atoms with Crippen LogP contribution in [0.15, 0.2) is 158 Å². The lowest BCUT2D eigenvalue weighted by Gasteiger charge is -2.17. The molecular formula is C50H32N6. The molecule has 0 saturated heterocycles. The third-order valence-corrected chi connectivity index (χ3v) is 12.1. The van der Waals surface area contributed by atoms with Crippen LogP contribution >= 0.6 is 0 Å². The topological polar surface area (TPSA) is 56.4 Å². The van der Waals surface area contributed by atoms with Crippen LogP contribution in [0.25, 0.3) is 110 Å². The van der Waals surface area contributed by atoms with Gasteiger partial charge in [0.05, 0.1) is 56.6 Å². The maximum Gasteiger partial charge on any atom is 0.138 e. The van der Waals surface area contributed by atoms with E-state index in [0.717, 1.165) is 44.7 Å². The molecule has 0 spiro atoms. The Kier molecular flexibility index (Phi) is 6.16. The summed E-state index contributed by atoms with van der Waals surface area (Å²) < 4.78 is 9.33. The lowest BCUT2D eigenvalue weighted by molar-refractivity contribution is 1.01. The molecule has 12 aromatic rings. The second-order valence-electron chi connectivity index (χ2n) is 14.8. The number of aromatic nitrogens is 5. The van der Waals surface area contributed by atoms with Crippen LogP contribution in [0.4, 0.5) is 0 Å². The molecule has 7 aromatic carbocycles. The van der Waals surface area contributed by atoms with Gasteiger partial charge in [-0.05, 0) is 60.2 Å². The number of nitriles is 1.